The van der Waals surface area contributed by atoms with Crippen LogP contribution >= 0.6 is 11.8 Å². The Labute approximate surface area is 141 Å². The van der Waals surface area contributed by atoms with Crippen LogP contribution in [0.5, 0.6) is 0 Å². The molecule has 0 radical (unpaired) electrons. The summed E-state index contributed by atoms with van der Waals surface area (Å²) in [6.07, 6.45) is 9.89. The number of urea groups is 1. The third-order valence-corrected chi connectivity index (χ3v) is 6.14. The van der Waals surface area contributed by atoms with Crippen molar-refractivity contribution >= 4 is 23.7 Å². The van der Waals surface area contributed by atoms with Crippen LogP contribution in [0.1, 0.15) is 44.6 Å². The lowest BCUT2D eigenvalue weighted by Gasteiger charge is -2.22. The van der Waals surface area contributed by atoms with Crippen LogP contribution in [-0.4, -0.2) is 44.2 Å². The molecule has 1 aliphatic carbocycles. The fraction of sp³-hybridized carbons (Fsp3) is 0.688. The highest BCUT2D eigenvalue weighted by Gasteiger charge is 2.49. The number of aryl methyl sites for hydroxylation is 1. The molecular formula is C16H24N4O2S. The van der Waals surface area contributed by atoms with Gasteiger partial charge in [-0.05, 0) is 19.8 Å². The Kier molecular flexibility index (Phi) is 4.66. The molecular weight excluding hydrogens is 312 g/mol. The number of thioether (sulfide) groups is 1. The number of hydrogen-bond donors (Lipinski definition) is 1. The second-order valence-corrected chi connectivity index (χ2v) is 7.95. The monoisotopic (exact) mass is 336 g/mol. The van der Waals surface area contributed by atoms with E-state index in [2.05, 4.69) is 10.4 Å². The summed E-state index contributed by atoms with van der Waals surface area (Å²) < 4.78 is 1.64. The van der Waals surface area contributed by atoms with E-state index in [1.54, 1.807) is 31.0 Å². The molecule has 126 valence electrons. The molecule has 6 nitrogen and oxygen atoms in total. The van der Waals surface area contributed by atoms with Gasteiger partial charge in [0.25, 0.3) is 5.91 Å². The van der Waals surface area contributed by atoms with Crippen molar-refractivity contribution in [3.05, 3.63) is 18.0 Å². The van der Waals surface area contributed by atoms with E-state index in [4.69, 9.17) is 0 Å². The van der Waals surface area contributed by atoms with Crippen molar-refractivity contribution in [3.8, 4) is 0 Å². The second-order valence-electron chi connectivity index (χ2n) is 6.55. The maximum Gasteiger partial charge on any atom is 0.325 e. The van der Waals surface area contributed by atoms with E-state index >= 15 is 0 Å². The zero-order valence-electron chi connectivity index (χ0n) is 13.7. The summed E-state index contributed by atoms with van der Waals surface area (Å²) in [5, 5.41) is 7.62. The first kappa shape index (κ1) is 16.4. The topological polar surface area (TPSA) is 67.2 Å². The van der Waals surface area contributed by atoms with E-state index in [9.17, 15) is 9.59 Å². The smallest absolute Gasteiger partial charge is 0.319 e. The minimum Gasteiger partial charge on any atom is -0.319 e. The summed E-state index contributed by atoms with van der Waals surface area (Å²) in [7, 11) is 1.80. The molecule has 1 saturated heterocycles. The first-order valence-electron chi connectivity index (χ1n) is 8.25. The average molecular weight is 336 g/mol. The molecule has 7 heteroatoms. The zero-order chi connectivity index (χ0) is 16.4. The molecule has 0 aromatic carbocycles. The van der Waals surface area contributed by atoms with E-state index in [1.807, 2.05) is 11.8 Å². The van der Waals surface area contributed by atoms with Crippen LogP contribution in [0.25, 0.3) is 0 Å². The zero-order valence-corrected chi connectivity index (χ0v) is 14.6. The molecule has 1 N–H and O–H groups in total. The van der Waals surface area contributed by atoms with Crippen LogP contribution in [0.3, 0.4) is 0 Å². The first-order valence-corrected chi connectivity index (χ1v) is 9.30. The standard InChI is InChI=1S/C16H24N4O2S/c1-16(12-10-17-19(2)11-12)14(21)20(15(22)18-16)8-9-23-13-6-4-3-5-7-13/h10-11,13H,3-9H2,1-2H3,(H,18,22)/t16-/m1/s1. The first-order chi connectivity index (χ1) is 11.0. The van der Waals surface area contributed by atoms with Crippen molar-refractivity contribution in [2.24, 2.45) is 7.05 Å². The highest BCUT2D eigenvalue weighted by Crippen LogP contribution is 2.30. The normalized spacial score (nSPS) is 25.9. The van der Waals surface area contributed by atoms with E-state index in [1.165, 1.54) is 37.0 Å². The molecule has 3 amide bonds. The molecule has 2 fully saturated rings. The Bertz CT molecular complexity index is 597. The summed E-state index contributed by atoms with van der Waals surface area (Å²) in [5.74, 6) is 0.632. The van der Waals surface area contributed by atoms with Gasteiger partial charge in [-0.1, -0.05) is 19.3 Å². The van der Waals surface area contributed by atoms with Crippen molar-refractivity contribution < 1.29 is 9.59 Å². The molecule has 1 saturated carbocycles. The van der Waals surface area contributed by atoms with Crippen LogP contribution in [0.15, 0.2) is 12.4 Å². The van der Waals surface area contributed by atoms with Gasteiger partial charge in [-0.25, -0.2) is 4.79 Å². The minimum atomic E-state index is -0.999. The van der Waals surface area contributed by atoms with Crippen LogP contribution in [-0.2, 0) is 17.4 Å². The molecule has 23 heavy (non-hydrogen) atoms. The largest absolute Gasteiger partial charge is 0.325 e. The molecule has 0 spiro atoms. The molecule has 1 aliphatic heterocycles. The molecule has 1 aromatic rings. The Balaban J connectivity index is 1.60. The SMILES string of the molecule is Cn1cc([C@@]2(C)NC(=O)N(CCSC3CCCCC3)C2=O)cn1. The molecule has 2 heterocycles. The van der Waals surface area contributed by atoms with E-state index in [0.717, 1.165) is 11.3 Å². The predicted molar refractivity (Wildman–Crippen MR) is 90.1 cm³/mol. The number of nitrogens with zero attached hydrogens (tertiary/aromatic N) is 3. The summed E-state index contributed by atoms with van der Waals surface area (Å²) in [5.41, 5.74) is -0.276. The Hall–Kier alpha value is -1.50. The van der Waals surface area contributed by atoms with Crippen molar-refractivity contribution in [1.82, 2.24) is 20.0 Å². The number of nitrogens with one attached hydrogen (secondary N) is 1. The number of hydrogen-bond acceptors (Lipinski definition) is 4. The van der Waals surface area contributed by atoms with Gasteiger partial charge < -0.3 is 5.32 Å². The summed E-state index contributed by atoms with van der Waals surface area (Å²) in [6, 6.07) is -0.300. The van der Waals surface area contributed by atoms with Crippen LogP contribution in [0, 0.1) is 0 Å². The molecule has 1 aromatic heterocycles. The van der Waals surface area contributed by atoms with Gasteiger partial charge in [0.15, 0.2) is 0 Å². The lowest BCUT2D eigenvalue weighted by molar-refractivity contribution is -0.130. The summed E-state index contributed by atoms with van der Waals surface area (Å²) in [4.78, 5) is 26.3. The van der Waals surface area contributed by atoms with Crippen LogP contribution in [0.4, 0.5) is 4.79 Å². The van der Waals surface area contributed by atoms with Crippen LogP contribution in [0.2, 0.25) is 0 Å². The quantitative estimate of drug-likeness (QED) is 0.838. The van der Waals surface area contributed by atoms with Gasteiger partial charge in [-0.15, -0.1) is 0 Å². The van der Waals surface area contributed by atoms with E-state index in [-0.39, 0.29) is 11.9 Å². The number of carbonyl (C=O) groups excluding carboxylic acids is 2. The Morgan fingerprint density at radius 2 is 2.09 bits per heavy atom. The molecule has 2 aliphatic rings. The molecule has 1 atom stereocenters. The van der Waals surface area contributed by atoms with Gasteiger partial charge in [0.05, 0.1) is 6.20 Å². The minimum absolute atomic E-state index is 0.181. The van der Waals surface area contributed by atoms with Crippen molar-refractivity contribution in [3.63, 3.8) is 0 Å². The number of imide groups is 1. The number of aromatic nitrogens is 2. The van der Waals surface area contributed by atoms with Gasteiger partial charge in [-0.3, -0.25) is 14.4 Å². The summed E-state index contributed by atoms with van der Waals surface area (Å²) >= 11 is 1.90. The number of carbonyl (C=O) groups is 2. The van der Waals surface area contributed by atoms with Crippen molar-refractivity contribution in [1.29, 1.82) is 0 Å². The lowest BCUT2D eigenvalue weighted by Crippen LogP contribution is -2.40. The van der Waals surface area contributed by atoms with Gasteiger partial charge in [0.1, 0.15) is 5.54 Å². The third-order valence-electron chi connectivity index (χ3n) is 4.78. The van der Waals surface area contributed by atoms with Gasteiger partial charge >= 0.3 is 6.03 Å². The predicted octanol–water partition coefficient (Wildman–Crippen LogP) is 2.25. The van der Waals surface area contributed by atoms with E-state index < -0.39 is 5.54 Å². The number of amides is 3. The fourth-order valence-electron chi connectivity index (χ4n) is 3.32. The summed E-state index contributed by atoms with van der Waals surface area (Å²) in [6.45, 7) is 2.22. The average Bonchev–Trinajstić information content (AvgIpc) is 3.06. The molecule has 0 bridgehead atoms. The highest BCUT2D eigenvalue weighted by molar-refractivity contribution is 7.99. The maximum absolute atomic E-state index is 12.7. The van der Waals surface area contributed by atoms with Crippen molar-refractivity contribution in [2.75, 3.05) is 12.3 Å². The fourth-order valence-corrected chi connectivity index (χ4v) is 4.61. The van der Waals surface area contributed by atoms with Crippen molar-refractivity contribution in [2.45, 2.75) is 49.8 Å². The molecule has 0 unspecified atom stereocenters. The third kappa shape index (κ3) is 3.24. The Morgan fingerprint density at radius 1 is 1.35 bits per heavy atom. The van der Waals surface area contributed by atoms with E-state index in [0.29, 0.717) is 11.8 Å². The van der Waals surface area contributed by atoms with Gasteiger partial charge in [0, 0.05) is 36.4 Å². The van der Waals surface area contributed by atoms with Gasteiger partial charge in [0.2, 0.25) is 0 Å². The Morgan fingerprint density at radius 3 is 2.74 bits per heavy atom. The highest BCUT2D eigenvalue weighted by atomic mass is 32.2. The maximum atomic E-state index is 12.7. The second kappa shape index (κ2) is 6.55. The van der Waals surface area contributed by atoms with Gasteiger partial charge in [-0.2, -0.15) is 16.9 Å². The number of rotatable bonds is 5. The van der Waals surface area contributed by atoms with Crippen LogP contribution < -0.4 is 5.32 Å². The molecule has 3 rings (SSSR count). The lowest BCUT2D eigenvalue weighted by atomic mass is 9.95.